The average Bonchev–Trinajstić information content (AvgIpc) is 3.39. The minimum Gasteiger partial charge on any atom is -0.370 e. The average molecular weight is 420 g/mol. The number of fused-ring (bicyclic) bond motifs is 5. The second kappa shape index (κ2) is 12.2. The van der Waals surface area contributed by atoms with Crippen molar-refractivity contribution in [1.82, 2.24) is 5.32 Å². The molecule has 0 aliphatic carbocycles. The Balaban J connectivity index is 1.13. The summed E-state index contributed by atoms with van der Waals surface area (Å²) in [5, 5.41) is 2.54. The zero-order valence-corrected chi connectivity index (χ0v) is 19.4. The van der Waals surface area contributed by atoms with Gasteiger partial charge in [-0.25, -0.2) is 0 Å². The molecular formula is C26H45NO3. The quantitative estimate of drug-likeness (QED) is 0.217. The molecule has 0 radical (unpaired) electrons. The topological polar surface area (TPSA) is 55.4 Å². The van der Waals surface area contributed by atoms with Gasteiger partial charge in [0.15, 0.2) is 0 Å². The van der Waals surface area contributed by atoms with Crippen molar-refractivity contribution >= 4 is 11.8 Å². The van der Waals surface area contributed by atoms with Gasteiger partial charge >= 0.3 is 0 Å². The number of imide groups is 1. The number of nitrogens with one attached hydrogen (secondary N) is 1. The molecule has 30 heavy (non-hydrogen) atoms. The highest BCUT2D eigenvalue weighted by Gasteiger charge is 2.66. The summed E-state index contributed by atoms with van der Waals surface area (Å²) >= 11 is 0. The molecule has 0 saturated carbocycles. The Labute approximate surface area is 184 Å². The first-order chi connectivity index (χ1) is 14.7. The van der Waals surface area contributed by atoms with E-state index in [9.17, 15) is 9.59 Å². The number of carbonyl (C=O) groups is 2. The van der Waals surface area contributed by atoms with Crippen molar-refractivity contribution < 1.29 is 14.3 Å². The van der Waals surface area contributed by atoms with Crippen LogP contribution in [0.5, 0.6) is 0 Å². The fourth-order valence-electron chi connectivity index (χ4n) is 6.15. The Morgan fingerprint density at radius 1 is 0.767 bits per heavy atom. The lowest BCUT2D eigenvalue weighted by Crippen LogP contribution is -2.40. The Hall–Kier alpha value is -0.900. The van der Waals surface area contributed by atoms with Crippen LogP contribution in [0.25, 0.3) is 0 Å². The van der Waals surface area contributed by atoms with E-state index in [1.165, 1.54) is 96.3 Å². The summed E-state index contributed by atoms with van der Waals surface area (Å²) in [6.07, 6.45) is 24.7. The van der Waals surface area contributed by atoms with Gasteiger partial charge in [0.2, 0.25) is 11.8 Å². The molecule has 0 aromatic rings. The summed E-state index contributed by atoms with van der Waals surface area (Å²) in [6, 6.07) is 0. The predicted octanol–water partition coefficient (Wildman–Crippen LogP) is 6.46. The summed E-state index contributed by atoms with van der Waals surface area (Å²) in [7, 11) is 0. The molecule has 4 unspecified atom stereocenters. The molecule has 1 N–H and O–H groups in total. The van der Waals surface area contributed by atoms with Crippen LogP contribution in [0, 0.1) is 11.8 Å². The molecule has 3 saturated heterocycles. The Bertz CT molecular complexity index is 548. The number of ether oxygens (including phenoxy) is 1. The molecule has 0 aromatic carbocycles. The number of hydrogen-bond donors (Lipinski definition) is 1. The van der Waals surface area contributed by atoms with E-state index in [0.717, 1.165) is 25.7 Å². The van der Waals surface area contributed by atoms with Crippen LogP contribution < -0.4 is 5.32 Å². The molecule has 3 aliphatic heterocycles. The summed E-state index contributed by atoms with van der Waals surface area (Å²) < 4.78 is 6.21. The van der Waals surface area contributed by atoms with Gasteiger partial charge in [0, 0.05) is 0 Å². The van der Waals surface area contributed by atoms with E-state index in [1.807, 2.05) is 0 Å². The second-order valence-electron chi connectivity index (χ2n) is 10.2. The number of rotatable bonds is 17. The minimum atomic E-state index is -0.332. The van der Waals surface area contributed by atoms with Gasteiger partial charge in [0.25, 0.3) is 0 Å². The van der Waals surface area contributed by atoms with Crippen LogP contribution in [-0.4, -0.2) is 23.5 Å². The first-order valence-corrected chi connectivity index (χ1v) is 13.2. The summed E-state index contributed by atoms with van der Waals surface area (Å²) in [6.45, 7) is 2.28. The molecule has 3 rings (SSSR count). The molecule has 4 nitrogen and oxygen atoms in total. The largest absolute Gasteiger partial charge is 0.370 e. The minimum absolute atomic E-state index is 0.0116. The van der Waals surface area contributed by atoms with E-state index in [2.05, 4.69) is 12.2 Å². The smallest absolute Gasteiger partial charge is 0.233 e. The van der Waals surface area contributed by atoms with Crippen LogP contribution in [0.2, 0.25) is 0 Å². The van der Waals surface area contributed by atoms with Crippen LogP contribution in [0.15, 0.2) is 0 Å². The number of unbranched alkanes of at least 4 members (excludes halogenated alkanes) is 15. The first-order valence-electron chi connectivity index (χ1n) is 13.2. The molecule has 3 heterocycles. The lowest BCUT2D eigenvalue weighted by atomic mass is 9.71. The number of amides is 2. The second-order valence-corrected chi connectivity index (χ2v) is 10.2. The van der Waals surface area contributed by atoms with E-state index >= 15 is 0 Å². The van der Waals surface area contributed by atoms with Crippen molar-refractivity contribution in [1.29, 1.82) is 0 Å². The highest BCUT2D eigenvalue weighted by molar-refractivity contribution is 6.06. The maximum atomic E-state index is 12.2. The SMILES string of the molecule is CCCCCCCCCCCCCCCCCCC12CCC(O1)C1C(=O)NC(=O)C12. The summed E-state index contributed by atoms with van der Waals surface area (Å²) in [5.74, 6) is -0.584. The molecule has 172 valence electrons. The van der Waals surface area contributed by atoms with E-state index in [4.69, 9.17) is 4.74 Å². The van der Waals surface area contributed by atoms with Gasteiger partial charge in [0.1, 0.15) is 0 Å². The van der Waals surface area contributed by atoms with Gasteiger partial charge in [0.05, 0.1) is 23.5 Å². The van der Waals surface area contributed by atoms with Gasteiger partial charge in [-0.3, -0.25) is 14.9 Å². The summed E-state index contributed by atoms with van der Waals surface area (Å²) in [5.41, 5.74) is -0.332. The van der Waals surface area contributed by atoms with Crippen molar-refractivity contribution in [2.24, 2.45) is 11.8 Å². The van der Waals surface area contributed by atoms with E-state index in [-0.39, 0.29) is 35.4 Å². The molecule has 4 heteroatoms. The zero-order chi connectivity index (χ0) is 21.2. The van der Waals surface area contributed by atoms with Crippen LogP contribution in [0.4, 0.5) is 0 Å². The van der Waals surface area contributed by atoms with Crippen molar-refractivity contribution in [3.63, 3.8) is 0 Å². The van der Waals surface area contributed by atoms with Crippen LogP contribution in [-0.2, 0) is 14.3 Å². The highest BCUT2D eigenvalue weighted by atomic mass is 16.5. The number of carbonyl (C=O) groups excluding carboxylic acids is 2. The van der Waals surface area contributed by atoms with Crippen LogP contribution in [0.1, 0.15) is 129 Å². The third-order valence-electron chi connectivity index (χ3n) is 7.85. The normalized spacial score (nSPS) is 29.6. The third-order valence-corrected chi connectivity index (χ3v) is 7.85. The first kappa shape index (κ1) is 23.8. The Morgan fingerprint density at radius 3 is 1.80 bits per heavy atom. The van der Waals surface area contributed by atoms with Gasteiger partial charge in [-0.2, -0.15) is 0 Å². The van der Waals surface area contributed by atoms with Crippen LogP contribution >= 0.6 is 0 Å². The molecule has 4 atom stereocenters. The molecule has 0 spiro atoms. The molecule has 3 fully saturated rings. The van der Waals surface area contributed by atoms with E-state index in [1.54, 1.807) is 0 Å². The maximum absolute atomic E-state index is 12.2. The lowest BCUT2D eigenvalue weighted by Gasteiger charge is -2.30. The third kappa shape index (κ3) is 6.08. The maximum Gasteiger partial charge on any atom is 0.233 e. The zero-order valence-electron chi connectivity index (χ0n) is 19.4. The van der Waals surface area contributed by atoms with E-state index in [0.29, 0.717) is 0 Å². The predicted molar refractivity (Wildman–Crippen MR) is 121 cm³/mol. The van der Waals surface area contributed by atoms with Gasteiger partial charge < -0.3 is 4.74 Å². The standard InChI is InChI=1S/C26H45NO3/c1-2-3-4-5-6-7-8-9-10-11-12-13-14-15-16-17-19-26-20-18-21(30-26)22-23(26)25(29)27-24(22)28/h21-23H,2-20H2,1H3,(H,27,28,29). The molecule has 2 bridgehead atoms. The fourth-order valence-corrected chi connectivity index (χ4v) is 6.15. The van der Waals surface area contributed by atoms with E-state index < -0.39 is 0 Å². The molecule has 3 aliphatic rings. The Morgan fingerprint density at radius 2 is 1.27 bits per heavy atom. The number of hydrogen-bond acceptors (Lipinski definition) is 3. The van der Waals surface area contributed by atoms with Gasteiger partial charge in [-0.15, -0.1) is 0 Å². The molecule has 2 amide bonds. The highest BCUT2D eigenvalue weighted by Crippen LogP contribution is 2.55. The molecule has 0 aromatic heterocycles. The van der Waals surface area contributed by atoms with Gasteiger partial charge in [-0.05, 0) is 19.3 Å². The van der Waals surface area contributed by atoms with Gasteiger partial charge in [-0.1, -0.05) is 110 Å². The Kier molecular flexibility index (Phi) is 9.67. The van der Waals surface area contributed by atoms with Crippen molar-refractivity contribution in [3.05, 3.63) is 0 Å². The monoisotopic (exact) mass is 419 g/mol. The van der Waals surface area contributed by atoms with Crippen molar-refractivity contribution in [2.45, 2.75) is 141 Å². The van der Waals surface area contributed by atoms with Crippen molar-refractivity contribution in [2.75, 3.05) is 0 Å². The summed E-state index contributed by atoms with van der Waals surface area (Å²) in [4.78, 5) is 24.2. The fraction of sp³-hybridized carbons (Fsp3) is 0.923. The van der Waals surface area contributed by atoms with Crippen molar-refractivity contribution in [3.8, 4) is 0 Å². The van der Waals surface area contributed by atoms with Crippen LogP contribution in [0.3, 0.4) is 0 Å². The molecular weight excluding hydrogens is 374 g/mol. The lowest BCUT2D eigenvalue weighted by molar-refractivity contribution is -0.131.